The predicted molar refractivity (Wildman–Crippen MR) is 86.5 cm³/mol. The van der Waals surface area contributed by atoms with Crippen LogP contribution in [0.2, 0.25) is 0 Å². The van der Waals surface area contributed by atoms with Crippen molar-refractivity contribution < 1.29 is 29.6 Å². The third-order valence-corrected chi connectivity index (χ3v) is 3.95. The van der Waals surface area contributed by atoms with Crippen molar-refractivity contribution in [1.29, 1.82) is 0 Å². The first-order valence-corrected chi connectivity index (χ1v) is 7.73. The molecule has 1 atom stereocenters. The molecule has 1 unspecified atom stereocenters. The zero-order chi connectivity index (χ0) is 17.9. The Bertz CT molecular complexity index is 675. The number of hydrogen-bond acceptors (Lipinski definition) is 6. The lowest BCUT2D eigenvalue weighted by molar-refractivity contribution is -0.147. The van der Waals surface area contributed by atoms with Gasteiger partial charge in [0.1, 0.15) is 6.61 Å². The number of carbonyl (C=O) groups is 1. The molecule has 3 N–H and O–H groups in total. The van der Waals surface area contributed by atoms with Gasteiger partial charge in [0.15, 0.2) is 11.5 Å². The van der Waals surface area contributed by atoms with E-state index in [0.29, 0.717) is 17.5 Å². The fourth-order valence-electron chi connectivity index (χ4n) is 2.80. The number of aliphatic hydroxyl groups is 1. The van der Waals surface area contributed by atoms with Crippen LogP contribution in [0.5, 0.6) is 11.8 Å². The van der Waals surface area contributed by atoms with E-state index in [-0.39, 0.29) is 43.7 Å². The SMILES string of the molecule is C=C(C)C(=O)OCC1(C=CC)OCc2c1c(O)n(CCCO)c2O. The molecule has 0 saturated carbocycles. The first-order chi connectivity index (χ1) is 11.4. The molecule has 0 aromatic carbocycles. The first kappa shape index (κ1) is 18.1. The molecule has 1 aliphatic heterocycles. The topological polar surface area (TPSA) is 101 Å². The quantitative estimate of drug-likeness (QED) is 0.398. The van der Waals surface area contributed by atoms with Gasteiger partial charge in [-0.05, 0) is 26.3 Å². The molecule has 2 rings (SSSR count). The maximum absolute atomic E-state index is 11.7. The van der Waals surface area contributed by atoms with E-state index in [1.807, 2.05) is 0 Å². The van der Waals surface area contributed by atoms with Gasteiger partial charge >= 0.3 is 5.97 Å². The van der Waals surface area contributed by atoms with Crippen molar-refractivity contribution in [2.75, 3.05) is 13.2 Å². The highest BCUT2D eigenvalue weighted by Gasteiger charge is 2.46. The van der Waals surface area contributed by atoms with Crippen molar-refractivity contribution in [1.82, 2.24) is 4.57 Å². The number of hydrogen-bond donors (Lipinski definition) is 3. The molecule has 24 heavy (non-hydrogen) atoms. The van der Waals surface area contributed by atoms with Crippen molar-refractivity contribution in [2.45, 2.75) is 39.0 Å². The van der Waals surface area contributed by atoms with Crippen LogP contribution in [0.4, 0.5) is 0 Å². The second-order valence-corrected chi connectivity index (χ2v) is 5.76. The van der Waals surface area contributed by atoms with Crippen LogP contribution in [0.25, 0.3) is 0 Å². The Morgan fingerprint density at radius 2 is 2.17 bits per heavy atom. The minimum atomic E-state index is -1.17. The van der Waals surface area contributed by atoms with Gasteiger partial charge in [0.05, 0.1) is 12.2 Å². The van der Waals surface area contributed by atoms with Crippen LogP contribution in [-0.2, 0) is 33.0 Å². The number of fused-ring (bicyclic) bond motifs is 1. The average Bonchev–Trinajstić information content (AvgIpc) is 3.02. The second-order valence-electron chi connectivity index (χ2n) is 5.76. The summed E-state index contributed by atoms with van der Waals surface area (Å²) in [6, 6.07) is 0. The number of aromatic nitrogens is 1. The van der Waals surface area contributed by atoms with Gasteiger partial charge in [-0.25, -0.2) is 4.79 Å². The normalized spacial score (nSPS) is 19.6. The van der Waals surface area contributed by atoms with Gasteiger partial charge in [-0.3, -0.25) is 4.57 Å². The van der Waals surface area contributed by atoms with E-state index in [1.165, 1.54) is 4.57 Å². The molecule has 0 amide bonds. The summed E-state index contributed by atoms with van der Waals surface area (Å²) in [7, 11) is 0. The molecule has 2 heterocycles. The summed E-state index contributed by atoms with van der Waals surface area (Å²) < 4.78 is 12.3. The molecule has 1 aliphatic rings. The van der Waals surface area contributed by atoms with Crippen molar-refractivity contribution >= 4 is 5.97 Å². The summed E-state index contributed by atoms with van der Waals surface area (Å²) in [5.74, 6) is -0.814. The number of aromatic hydroxyl groups is 2. The van der Waals surface area contributed by atoms with Gasteiger partial charge in [-0.15, -0.1) is 0 Å². The van der Waals surface area contributed by atoms with E-state index >= 15 is 0 Å². The van der Waals surface area contributed by atoms with E-state index in [0.717, 1.165) is 0 Å². The number of aliphatic hydroxyl groups excluding tert-OH is 1. The standard InChI is InChI=1S/C17H23NO6/c1-4-6-17(10-23-16(22)11(2)3)13-12(9-24-17)14(20)18(15(13)21)7-5-8-19/h4,6,19-21H,2,5,7-10H2,1,3H3. The summed E-state index contributed by atoms with van der Waals surface area (Å²) in [5.41, 5.74) is -0.0711. The molecule has 7 nitrogen and oxygen atoms in total. The van der Waals surface area contributed by atoms with E-state index in [4.69, 9.17) is 14.6 Å². The van der Waals surface area contributed by atoms with Gasteiger partial charge < -0.3 is 24.8 Å². The van der Waals surface area contributed by atoms with Crippen LogP contribution >= 0.6 is 0 Å². The van der Waals surface area contributed by atoms with Gasteiger partial charge in [-0.1, -0.05) is 12.7 Å². The summed E-state index contributed by atoms with van der Waals surface area (Å²) in [4.78, 5) is 11.7. The number of rotatable bonds is 7. The highest BCUT2D eigenvalue weighted by atomic mass is 16.6. The summed E-state index contributed by atoms with van der Waals surface area (Å²) >= 11 is 0. The molecular formula is C17H23NO6. The molecular weight excluding hydrogens is 314 g/mol. The zero-order valence-corrected chi connectivity index (χ0v) is 13.9. The third kappa shape index (κ3) is 3.05. The number of carbonyl (C=O) groups excluding carboxylic acids is 1. The average molecular weight is 337 g/mol. The van der Waals surface area contributed by atoms with Crippen LogP contribution in [0.1, 0.15) is 31.4 Å². The number of ether oxygens (including phenoxy) is 2. The van der Waals surface area contributed by atoms with Crippen LogP contribution < -0.4 is 0 Å². The molecule has 1 aromatic rings. The van der Waals surface area contributed by atoms with E-state index in [9.17, 15) is 15.0 Å². The van der Waals surface area contributed by atoms with Crippen molar-refractivity contribution in [2.24, 2.45) is 0 Å². The van der Waals surface area contributed by atoms with Crippen LogP contribution in [0.3, 0.4) is 0 Å². The summed E-state index contributed by atoms with van der Waals surface area (Å²) in [6.45, 7) is 6.99. The Balaban J connectivity index is 2.41. The van der Waals surface area contributed by atoms with Gasteiger partial charge in [0.2, 0.25) is 5.88 Å². The lowest BCUT2D eigenvalue weighted by Crippen LogP contribution is -2.31. The lowest BCUT2D eigenvalue weighted by Gasteiger charge is -2.25. The minimum Gasteiger partial charge on any atom is -0.494 e. The van der Waals surface area contributed by atoms with E-state index in [1.54, 1.807) is 26.0 Å². The first-order valence-electron chi connectivity index (χ1n) is 7.73. The highest BCUT2D eigenvalue weighted by Crippen LogP contribution is 2.49. The molecule has 1 aromatic heterocycles. The zero-order valence-electron chi connectivity index (χ0n) is 13.9. The summed E-state index contributed by atoms with van der Waals surface area (Å²) in [5, 5.41) is 29.8. The van der Waals surface area contributed by atoms with Crippen LogP contribution in [-0.4, -0.2) is 39.1 Å². The third-order valence-electron chi connectivity index (χ3n) is 3.95. The molecule has 7 heteroatoms. The minimum absolute atomic E-state index is 0.0611. The van der Waals surface area contributed by atoms with Gasteiger partial charge in [0.25, 0.3) is 0 Å². The van der Waals surface area contributed by atoms with Crippen LogP contribution in [0, 0.1) is 0 Å². The van der Waals surface area contributed by atoms with Crippen LogP contribution in [0.15, 0.2) is 24.3 Å². The Morgan fingerprint density at radius 3 is 2.75 bits per heavy atom. The predicted octanol–water partition coefficient (Wildman–Crippen LogP) is 1.70. The maximum Gasteiger partial charge on any atom is 0.333 e. The van der Waals surface area contributed by atoms with E-state index in [2.05, 4.69) is 6.58 Å². The Hall–Kier alpha value is -2.25. The summed E-state index contributed by atoms with van der Waals surface area (Å²) in [6.07, 6.45) is 3.79. The number of nitrogens with zero attached hydrogens (tertiary/aromatic N) is 1. The Labute approximate surface area is 140 Å². The molecule has 0 bridgehead atoms. The monoisotopic (exact) mass is 337 g/mol. The largest absolute Gasteiger partial charge is 0.494 e. The van der Waals surface area contributed by atoms with Gasteiger partial charge in [-0.2, -0.15) is 0 Å². The molecule has 0 spiro atoms. The molecule has 0 aliphatic carbocycles. The molecule has 0 saturated heterocycles. The lowest BCUT2D eigenvalue weighted by atomic mass is 9.95. The second kappa shape index (κ2) is 7.11. The maximum atomic E-state index is 11.7. The fourth-order valence-corrected chi connectivity index (χ4v) is 2.80. The fraction of sp³-hybridized carbons (Fsp3) is 0.471. The van der Waals surface area contributed by atoms with Crippen molar-refractivity contribution in [3.8, 4) is 11.8 Å². The molecule has 132 valence electrons. The molecule has 0 fully saturated rings. The Morgan fingerprint density at radius 1 is 1.46 bits per heavy atom. The van der Waals surface area contributed by atoms with E-state index < -0.39 is 11.6 Å². The van der Waals surface area contributed by atoms with Crippen molar-refractivity contribution in [3.63, 3.8) is 0 Å². The highest BCUT2D eigenvalue weighted by molar-refractivity contribution is 5.87. The smallest absolute Gasteiger partial charge is 0.333 e. The Kier molecular flexibility index (Phi) is 5.36. The number of allylic oxidation sites excluding steroid dienone is 1. The van der Waals surface area contributed by atoms with Gasteiger partial charge in [0, 0.05) is 24.3 Å². The number of esters is 1. The molecule has 0 radical (unpaired) electrons. The van der Waals surface area contributed by atoms with Crippen molar-refractivity contribution in [3.05, 3.63) is 35.4 Å².